The van der Waals surface area contributed by atoms with Crippen molar-refractivity contribution in [1.29, 1.82) is 0 Å². The fourth-order valence-corrected chi connectivity index (χ4v) is 2.77. The van der Waals surface area contributed by atoms with Gasteiger partial charge >= 0.3 is 0 Å². The minimum atomic E-state index is -0.275. The van der Waals surface area contributed by atoms with Gasteiger partial charge in [0.05, 0.1) is 24.5 Å². The van der Waals surface area contributed by atoms with E-state index < -0.39 is 0 Å². The van der Waals surface area contributed by atoms with Gasteiger partial charge in [-0.25, -0.2) is 0 Å². The van der Waals surface area contributed by atoms with Crippen LogP contribution in [-0.4, -0.2) is 38.5 Å². The van der Waals surface area contributed by atoms with Gasteiger partial charge in [0.25, 0.3) is 5.91 Å². The Kier molecular flexibility index (Phi) is 4.57. The second kappa shape index (κ2) is 6.78. The van der Waals surface area contributed by atoms with E-state index >= 15 is 0 Å². The molecule has 1 fully saturated rings. The third-order valence-corrected chi connectivity index (χ3v) is 4.03. The Morgan fingerprint density at radius 2 is 2.35 bits per heavy atom. The molecule has 2 heterocycles. The summed E-state index contributed by atoms with van der Waals surface area (Å²) >= 11 is 0. The number of rotatable bonds is 6. The van der Waals surface area contributed by atoms with Crippen LogP contribution in [0.15, 0.2) is 36.9 Å². The standard InChI is InChI=1S/C16H20N4O3/c1-20-9-12(7-18-20)16(11-5-13(21)6-11)19-15(22)10-23-14-3-2-4-17-8-14/h2-4,7-9,11,13,16,21H,5-6,10H2,1H3,(H,19,22)/t11?,13?,16-/m0/s1. The number of aromatic nitrogens is 3. The number of carbonyl (C=O) groups is 1. The average molecular weight is 316 g/mol. The molecule has 0 bridgehead atoms. The van der Waals surface area contributed by atoms with Gasteiger partial charge in [-0.2, -0.15) is 5.10 Å². The molecule has 1 atom stereocenters. The SMILES string of the molecule is Cn1cc([C@@H](NC(=O)COc2cccnc2)C2CC(O)C2)cn1. The zero-order valence-corrected chi connectivity index (χ0v) is 12.9. The van der Waals surface area contributed by atoms with Crippen LogP contribution in [0.25, 0.3) is 0 Å². The molecule has 1 amide bonds. The summed E-state index contributed by atoms with van der Waals surface area (Å²) in [5.41, 5.74) is 0.944. The minimum absolute atomic E-state index is 0.0717. The lowest BCUT2D eigenvalue weighted by Gasteiger charge is -2.37. The summed E-state index contributed by atoms with van der Waals surface area (Å²) in [6.07, 6.45) is 7.94. The van der Waals surface area contributed by atoms with Gasteiger partial charge in [-0.1, -0.05) is 0 Å². The first-order valence-electron chi connectivity index (χ1n) is 7.60. The molecule has 0 aliphatic heterocycles. The number of amides is 1. The van der Waals surface area contributed by atoms with E-state index in [1.165, 1.54) is 0 Å². The molecule has 0 unspecified atom stereocenters. The fraction of sp³-hybridized carbons (Fsp3) is 0.438. The molecule has 0 saturated heterocycles. The molecule has 0 radical (unpaired) electrons. The summed E-state index contributed by atoms with van der Waals surface area (Å²) in [4.78, 5) is 16.1. The summed E-state index contributed by atoms with van der Waals surface area (Å²) in [5, 5.41) is 16.7. The molecule has 122 valence electrons. The molecular formula is C16H20N4O3. The molecule has 23 heavy (non-hydrogen) atoms. The predicted molar refractivity (Wildman–Crippen MR) is 82.6 cm³/mol. The highest BCUT2D eigenvalue weighted by atomic mass is 16.5. The van der Waals surface area contributed by atoms with Gasteiger partial charge in [-0.05, 0) is 30.9 Å². The Labute approximate surface area is 134 Å². The van der Waals surface area contributed by atoms with Crippen LogP contribution in [0.4, 0.5) is 0 Å². The Bertz CT molecular complexity index is 652. The number of aliphatic hydroxyl groups is 1. The van der Waals surface area contributed by atoms with Crippen LogP contribution in [0.1, 0.15) is 24.4 Å². The van der Waals surface area contributed by atoms with Crippen molar-refractivity contribution >= 4 is 5.91 Å². The molecular weight excluding hydrogens is 296 g/mol. The number of nitrogens with one attached hydrogen (secondary N) is 1. The maximum Gasteiger partial charge on any atom is 0.258 e. The van der Waals surface area contributed by atoms with Crippen LogP contribution in [0, 0.1) is 5.92 Å². The smallest absolute Gasteiger partial charge is 0.258 e. The van der Waals surface area contributed by atoms with Crippen molar-refractivity contribution in [3.8, 4) is 5.75 Å². The van der Waals surface area contributed by atoms with E-state index in [0.29, 0.717) is 18.6 Å². The van der Waals surface area contributed by atoms with E-state index in [4.69, 9.17) is 4.74 Å². The topological polar surface area (TPSA) is 89.3 Å². The zero-order chi connectivity index (χ0) is 16.2. The number of pyridine rings is 1. The van der Waals surface area contributed by atoms with Crippen molar-refractivity contribution in [1.82, 2.24) is 20.1 Å². The molecule has 2 N–H and O–H groups in total. The lowest BCUT2D eigenvalue weighted by molar-refractivity contribution is -0.125. The Balaban J connectivity index is 1.60. The predicted octanol–water partition coefficient (Wildman–Crippen LogP) is 0.822. The molecule has 0 aromatic carbocycles. The fourth-order valence-electron chi connectivity index (χ4n) is 2.77. The maximum absolute atomic E-state index is 12.2. The number of hydrogen-bond donors (Lipinski definition) is 2. The van der Waals surface area contributed by atoms with Crippen LogP contribution in [-0.2, 0) is 11.8 Å². The molecule has 2 aromatic rings. The summed E-state index contributed by atoms with van der Waals surface area (Å²) in [6.45, 7) is -0.0717. The zero-order valence-electron chi connectivity index (χ0n) is 12.9. The van der Waals surface area contributed by atoms with Gasteiger partial charge in [0.2, 0.25) is 0 Å². The van der Waals surface area contributed by atoms with E-state index in [1.54, 1.807) is 35.4 Å². The minimum Gasteiger partial charge on any atom is -0.482 e. The summed E-state index contributed by atoms with van der Waals surface area (Å²) < 4.78 is 7.12. The number of carbonyl (C=O) groups excluding carboxylic acids is 1. The van der Waals surface area contributed by atoms with Gasteiger partial charge in [-0.15, -0.1) is 0 Å². The highest BCUT2D eigenvalue weighted by Crippen LogP contribution is 2.37. The normalized spacial score (nSPS) is 21.3. The van der Waals surface area contributed by atoms with Gasteiger partial charge < -0.3 is 15.2 Å². The highest BCUT2D eigenvalue weighted by molar-refractivity contribution is 5.78. The van der Waals surface area contributed by atoms with Gasteiger partial charge in [0.15, 0.2) is 6.61 Å². The molecule has 2 aromatic heterocycles. The molecule has 7 heteroatoms. The van der Waals surface area contributed by atoms with Gasteiger partial charge in [0.1, 0.15) is 5.75 Å². The average Bonchev–Trinajstić information content (AvgIpc) is 2.95. The van der Waals surface area contributed by atoms with Crippen LogP contribution in [0.5, 0.6) is 5.75 Å². The highest BCUT2D eigenvalue weighted by Gasteiger charge is 2.36. The summed E-state index contributed by atoms with van der Waals surface area (Å²) in [7, 11) is 1.84. The van der Waals surface area contributed by atoms with E-state index in [0.717, 1.165) is 5.56 Å². The molecule has 1 saturated carbocycles. The van der Waals surface area contributed by atoms with Crippen LogP contribution in [0.3, 0.4) is 0 Å². The third-order valence-electron chi connectivity index (χ3n) is 4.03. The molecule has 0 spiro atoms. The van der Waals surface area contributed by atoms with Crippen molar-refractivity contribution in [3.05, 3.63) is 42.5 Å². The van der Waals surface area contributed by atoms with E-state index in [9.17, 15) is 9.90 Å². The molecule has 1 aliphatic carbocycles. The number of aliphatic hydroxyl groups excluding tert-OH is 1. The molecule has 7 nitrogen and oxygen atoms in total. The first-order chi connectivity index (χ1) is 11.1. The number of ether oxygens (including phenoxy) is 1. The summed E-state index contributed by atoms with van der Waals surface area (Å²) in [6, 6.07) is 3.35. The first kappa shape index (κ1) is 15.5. The van der Waals surface area contributed by atoms with Gasteiger partial charge in [-0.3, -0.25) is 14.5 Å². The van der Waals surface area contributed by atoms with Crippen molar-refractivity contribution in [2.24, 2.45) is 13.0 Å². The second-order valence-corrected chi connectivity index (χ2v) is 5.86. The monoisotopic (exact) mass is 316 g/mol. The molecule has 1 aliphatic rings. The van der Waals surface area contributed by atoms with Crippen molar-refractivity contribution in [2.45, 2.75) is 25.0 Å². The van der Waals surface area contributed by atoms with E-state index in [1.807, 2.05) is 13.2 Å². The lowest BCUT2D eigenvalue weighted by atomic mass is 9.75. The largest absolute Gasteiger partial charge is 0.482 e. The van der Waals surface area contributed by atoms with Gasteiger partial charge in [0, 0.05) is 25.0 Å². The van der Waals surface area contributed by atoms with Crippen LogP contribution < -0.4 is 10.1 Å². The quantitative estimate of drug-likeness (QED) is 0.824. The van der Waals surface area contributed by atoms with Crippen molar-refractivity contribution in [3.63, 3.8) is 0 Å². The Morgan fingerprint density at radius 3 is 2.96 bits per heavy atom. The second-order valence-electron chi connectivity index (χ2n) is 5.86. The summed E-state index contributed by atoms with van der Waals surface area (Å²) in [5.74, 6) is 0.570. The lowest BCUT2D eigenvalue weighted by Crippen LogP contribution is -2.42. The van der Waals surface area contributed by atoms with Crippen molar-refractivity contribution < 1.29 is 14.6 Å². The van der Waals surface area contributed by atoms with E-state index in [-0.39, 0.29) is 30.6 Å². The Morgan fingerprint density at radius 1 is 1.52 bits per heavy atom. The molecule has 3 rings (SSSR count). The number of hydrogen-bond acceptors (Lipinski definition) is 5. The third kappa shape index (κ3) is 3.87. The number of nitrogens with zero attached hydrogens (tertiary/aromatic N) is 3. The van der Waals surface area contributed by atoms with E-state index in [2.05, 4.69) is 15.4 Å². The number of aryl methyl sites for hydroxylation is 1. The maximum atomic E-state index is 12.2. The van der Waals surface area contributed by atoms with Crippen LogP contribution in [0.2, 0.25) is 0 Å². The van der Waals surface area contributed by atoms with Crippen molar-refractivity contribution in [2.75, 3.05) is 6.61 Å². The first-order valence-corrected chi connectivity index (χ1v) is 7.60. The Hall–Kier alpha value is -2.41. The van der Waals surface area contributed by atoms with Crippen LogP contribution >= 0.6 is 0 Å².